The first-order chi connectivity index (χ1) is 9.86. The van der Waals surface area contributed by atoms with Crippen molar-refractivity contribution in [1.29, 1.82) is 0 Å². The predicted octanol–water partition coefficient (Wildman–Crippen LogP) is 5.22. The molecular formula is C13H5Cl2F3N2O. The van der Waals surface area contributed by atoms with E-state index in [1.165, 1.54) is 6.07 Å². The van der Waals surface area contributed by atoms with E-state index in [9.17, 15) is 13.2 Å². The molecule has 0 unspecified atom stereocenters. The van der Waals surface area contributed by atoms with Gasteiger partial charge in [0.1, 0.15) is 11.2 Å². The maximum absolute atomic E-state index is 12.6. The second kappa shape index (κ2) is 4.89. The number of fused-ring (bicyclic) bond motifs is 1. The number of halogens is 5. The largest absolute Gasteiger partial charge is 0.418 e. The Hall–Kier alpha value is -1.79. The van der Waals surface area contributed by atoms with Gasteiger partial charge in [-0.3, -0.25) is 0 Å². The Bertz CT molecular complexity index is 830. The van der Waals surface area contributed by atoms with Crippen molar-refractivity contribution >= 4 is 34.3 Å². The average molecular weight is 333 g/mol. The molecule has 21 heavy (non-hydrogen) atoms. The lowest BCUT2D eigenvalue weighted by Gasteiger charge is -2.05. The summed E-state index contributed by atoms with van der Waals surface area (Å²) < 4.78 is 42.8. The standard InChI is InChI=1S/C13H5Cl2F3N2O/c14-7-1-2-8(9(15)4-7)11-12-10(21-20-11)3-6(5-19-12)13(16,17)18/h1-5H. The van der Waals surface area contributed by atoms with Gasteiger partial charge in [-0.2, -0.15) is 13.2 Å². The third kappa shape index (κ3) is 2.56. The second-order valence-electron chi connectivity index (χ2n) is 4.22. The van der Waals surface area contributed by atoms with Crippen molar-refractivity contribution < 1.29 is 17.7 Å². The minimum atomic E-state index is -4.49. The molecule has 0 fully saturated rings. The fourth-order valence-electron chi connectivity index (χ4n) is 1.84. The van der Waals surface area contributed by atoms with E-state index in [2.05, 4.69) is 10.1 Å². The number of pyridine rings is 1. The maximum atomic E-state index is 12.6. The molecule has 108 valence electrons. The van der Waals surface area contributed by atoms with Crippen molar-refractivity contribution in [2.24, 2.45) is 0 Å². The molecular weight excluding hydrogens is 328 g/mol. The van der Waals surface area contributed by atoms with Crippen molar-refractivity contribution in [3.8, 4) is 11.3 Å². The maximum Gasteiger partial charge on any atom is 0.418 e. The van der Waals surface area contributed by atoms with Crippen molar-refractivity contribution in [1.82, 2.24) is 10.1 Å². The molecule has 1 aromatic carbocycles. The zero-order valence-corrected chi connectivity index (χ0v) is 11.6. The Balaban J connectivity index is 2.17. The van der Waals surface area contributed by atoms with Crippen LogP contribution in [0.2, 0.25) is 10.0 Å². The van der Waals surface area contributed by atoms with Gasteiger partial charge in [0, 0.05) is 16.8 Å². The first-order valence-electron chi connectivity index (χ1n) is 5.64. The Kier molecular flexibility index (Phi) is 3.30. The number of aromatic nitrogens is 2. The molecule has 2 heterocycles. The van der Waals surface area contributed by atoms with Crippen LogP contribution < -0.4 is 0 Å². The fourth-order valence-corrected chi connectivity index (χ4v) is 2.34. The average Bonchev–Trinajstić information content (AvgIpc) is 2.80. The van der Waals surface area contributed by atoms with Crippen LogP contribution in [0.5, 0.6) is 0 Å². The van der Waals surface area contributed by atoms with E-state index < -0.39 is 11.7 Å². The monoisotopic (exact) mass is 332 g/mol. The van der Waals surface area contributed by atoms with Crippen LogP contribution in [0.4, 0.5) is 13.2 Å². The summed E-state index contributed by atoms with van der Waals surface area (Å²) in [6.07, 6.45) is -3.76. The molecule has 0 aliphatic rings. The first kappa shape index (κ1) is 14.2. The van der Waals surface area contributed by atoms with Crippen LogP contribution in [0.3, 0.4) is 0 Å². The van der Waals surface area contributed by atoms with Crippen LogP contribution in [0.15, 0.2) is 35.0 Å². The molecule has 0 saturated heterocycles. The molecule has 0 atom stereocenters. The first-order valence-corrected chi connectivity index (χ1v) is 6.40. The van der Waals surface area contributed by atoms with Crippen LogP contribution >= 0.6 is 23.2 Å². The van der Waals surface area contributed by atoms with Crippen LogP contribution in [0.1, 0.15) is 5.56 Å². The molecule has 0 amide bonds. The zero-order chi connectivity index (χ0) is 15.2. The number of alkyl halides is 3. The van der Waals surface area contributed by atoms with E-state index in [0.717, 1.165) is 12.3 Å². The molecule has 0 aliphatic carbocycles. The Morgan fingerprint density at radius 2 is 1.86 bits per heavy atom. The molecule has 0 radical (unpaired) electrons. The Morgan fingerprint density at radius 1 is 1.10 bits per heavy atom. The van der Waals surface area contributed by atoms with E-state index in [-0.39, 0.29) is 16.8 Å². The summed E-state index contributed by atoms with van der Waals surface area (Å²) in [5.74, 6) is 0. The normalized spacial score (nSPS) is 12.0. The van der Waals surface area contributed by atoms with Gasteiger partial charge in [-0.05, 0) is 24.3 Å². The van der Waals surface area contributed by atoms with E-state index in [1.807, 2.05) is 0 Å². The van der Waals surface area contributed by atoms with Crippen molar-refractivity contribution in [2.75, 3.05) is 0 Å². The third-order valence-corrected chi connectivity index (χ3v) is 3.37. The molecule has 0 N–H and O–H groups in total. The van der Waals surface area contributed by atoms with Gasteiger partial charge >= 0.3 is 6.18 Å². The molecule has 0 saturated carbocycles. The van der Waals surface area contributed by atoms with Crippen molar-refractivity contribution in [2.45, 2.75) is 6.18 Å². The quantitative estimate of drug-likeness (QED) is 0.613. The minimum absolute atomic E-state index is 0.0640. The fraction of sp³-hybridized carbons (Fsp3) is 0.0769. The molecule has 3 nitrogen and oxygen atoms in total. The van der Waals surface area contributed by atoms with Gasteiger partial charge in [-0.25, -0.2) is 4.98 Å². The zero-order valence-electron chi connectivity index (χ0n) is 10.1. The summed E-state index contributed by atoms with van der Waals surface area (Å²) in [5.41, 5.74) is -0.0227. The number of nitrogens with zero attached hydrogens (tertiary/aromatic N) is 2. The molecule has 3 rings (SSSR count). The highest BCUT2D eigenvalue weighted by atomic mass is 35.5. The second-order valence-corrected chi connectivity index (χ2v) is 5.07. The lowest BCUT2D eigenvalue weighted by atomic mass is 10.1. The van der Waals surface area contributed by atoms with Gasteiger partial charge in [-0.15, -0.1) is 0 Å². The van der Waals surface area contributed by atoms with Gasteiger partial charge in [0.15, 0.2) is 5.58 Å². The smallest absolute Gasteiger partial charge is 0.354 e. The van der Waals surface area contributed by atoms with E-state index in [0.29, 0.717) is 15.6 Å². The van der Waals surface area contributed by atoms with E-state index >= 15 is 0 Å². The van der Waals surface area contributed by atoms with Gasteiger partial charge in [0.25, 0.3) is 0 Å². The van der Waals surface area contributed by atoms with Crippen LogP contribution in [-0.2, 0) is 6.18 Å². The van der Waals surface area contributed by atoms with Gasteiger partial charge in [-0.1, -0.05) is 28.4 Å². The lowest BCUT2D eigenvalue weighted by molar-refractivity contribution is -0.137. The molecule has 0 aliphatic heterocycles. The lowest BCUT2D eigenvalue weighted by Crippen LogP contribution is -2.04. The highest BCUT2D eigenvalue weighted by Gasteiger charge is 2.32. The minimum Gasteiger partial charge on any atom is -0.354 e. The van der Waals surface area contributed by atoms with Gasteiger partial charge < -0.3 is 4.52 Å². The summed E-state index contributed by atoms with van der Waals surface area (Å²) in [4.78, 5) is 3.78. The summed E-state index contributed by atoms with van der Waals surface area (Å²) >= 11 is 11.8. The van der Waals surface area contributed by atoms with Gasteiger partial charge in [0.2, 0.25) is 0 Å². The van der Waals surface area contributed by atoms with Crippen LogP contribution in [0.25, 0.3) is 22.4 Å². The summed E-state index contributed by atoms with van der Waals surface area (Å²) in [6, 6.07) is 5.54. The summed E-state index contributed by atoms with van der Waals surface area (Å²) in [5, 5.41) is 4.49. The van der Waals surface area contributed by atoms with Crippen molar-refractivity contribution in [3.63, 3.8) is 0 Å². The number of rotatable bonds is 1. The third-order valence-electron chi connectivity index (χ3n) is 2.83. The topological polar surface area (TPSA) is 38.9 Å². The van der Waals surface area contributed by atoms with Crippen LogP contribution in [-0.4, -0.2) is 10.1 Å². The SMILES string of the molecule is FC(F)(F)c1cnc2c(-c3ccc(Cl)cc3Cl)noc2c1. The van der Waals surface area contributed by atoms with Crippen molar-refractivity contribution in [3.05, 3.63) is 46.1 Å². The molecule has 0 bridgehead atoms. The van der Waals surface area contributed by atoms with Crippen LogP contribution in [0, 0.1) is 0 Å². The molecule has 8 heteroatoms. The summed E-state index contributed by atoms with van der Waals surface area (Å²) in [6.45, 7) is 0. The molecule has 0 spiro atoms. The van der Waals surface area contributed by atoms with E-state index in [1.54, 1.807) is 12.1 Å². The number of benzene rings is 1. The summed E-state index contributed by atoms with van der Waals surface area (Å²) in [7, 11) is 0. The highest BCUT2D eigenvalue weighted by molar-refractivity contribution is 6.36. The predicted molar refractivity (Wildman–Crippen MR) is 72.3 cm³/mol. The van der Waals surface area contributed by atoms with E-state index in [4.69, 9.17) is 27.7 Å². The Morgan fingerprint density at radius 3 is 2.52 bits per heavy atom. The molecule has 3 aromatic rings. The number of hydrogen-bond acceptors (Lipinski definition) is 3. The highest BCUT2D eigenvalue weighted by Crippen LogP contribution is 2.36. The number of hydrogen-bond donors (Lipinski definition) is 0. The molecule has 2 aromatic heterocycles. The van der Waals surface area contributed by atoms with Gasteiger partial charge in [0.05, 0.1) is 10.6 Å². The Labute approximate surface area is 126 Å².